The Bertz CT molecular complexity index is 1320. The third-order valence-corrected chi connectivity index (χ3v) is 5.65. The zero-order chi connectivity index (χ0) is 20.8. The van der Waals surface area contributed by atoms with Crippen molar-refractivity contribution in [3.8, 4) is 0 Å². The van der Waals surface area contributed by atoms with E-state index < -0.39 is 5.97 Å². The van der Waals surface area contributed by atoms with Crippen LogP contribution in [0.2, 0.25) is 0 Å². The summed E-state index contributed by atoms with van der Waals surface area (Å²) in [5, 5.41) is 15.4. The van der Waals surface area contributed by atoms with E-state index in [4.69, 9.17) is 5.10 Å². The Morgan fingerprint density at radius 2 is 1.90 bits per heavy atom. The molecule has 5 rings (SSSR count). The minimum absolute atomic E-state index is 0.302. The van der Waals surface area contributed by atoms with Gasteiger partial charge in [0.05, 0.1) is 28.2 Å². The summed E-state index contributed by atoms with van der Waals surface area (Å²) in [6.07, 6.45) is 4.01. The van der Waals surface area contributed by atoms with Crippen molar-refractivity contribution in [2.24, 2.45) is 7.05 Å². The Morgan fingerprint density at radius 1 is 1.10 bits per heavy atom. The van der Waals surface area contributed by atoms with Crippen molar-refractivity contribution in [1.29, 1.82) is 0 Å². The number of aromatic carboxylic acids is 1. The number of carbonyl (C=O) groups is 1. The average molecular weight is 396 g/mol. The number of hydrogen-bond acceptors (Lipinski definition) is 4. The first kappa shape index (κ1) is 18.1. The smallest absolute Gasteiger partial charge is 0.336 e. The van der Waals surface area contributed by atoms with Crippen molar-refractivity contribution in [1.82, 2.24) is 14.8 Å². The van der Waals surface area contributed by atoms with Crippen LogP contribution in [0.15, 0.2) is 60.8 Å². The first-order valence-electron chi connectivity index (χ1n) is 9.71. The second-order valence-corrected chi connectivity index (χ2v) is 7.41. The van der Waals surface area contributed by atoms with Crippen LogP contribution in [0.1, 0.15) is 27.3 Å². The summed E-state index contributed by atoms with van der Waals surface area (Å²) < 4.78 is 1.90. The molecular formula is C24H20N4O2. The van der Waals surface area contributed by atoms with Crippen LogP contribution in [-0.2, 0) is 13.5 Å². The van der Waals surface area contributed by atoms with Crippen LogP contribution in [-0.4, -0.2) is 32.9 Å². The lowest BCUT2D eigenvalue weighted by Crippen LogP contribution is -2.10. The molecule has 0 unspecified atom stereocenters. The number of benzene rings is 2. The van der Waals surface area contributed by atoms with Gasteiger partial charge in [-0.25, -0.2) is 4.79 Å². The Balaban J connectivity index is 1.62. The SMILES string of the molecule is CN(c1ccccc1)c1cccc2c(C3=Cc4nccc(C(=O)O)c4C3)nn(C)c12. The van der Waals surface area contributed by atoms with E-state index in [9.17, 15) is 9.90 Å². The minimum atomic E-state index is -0.930. The number of carboxylic acid groups (broad SMARTS) is 1. The molecule has 2 heterocycles. The fourth-order valence-electron chi connectivity index (χ4n) is 4.19. The van der Waals surface area contributed by atoms with Crippen LogP contribution < -0.4 is 4.90 Å². The number of carboxylic acids is 1. The van der Waals surface area contributed by atoms with E-state index in [0.29, 0.717) is 17.7 Å². The third-order valence-electron chi connectivity index (χ3n) is 5.65. The quantitative estimate of drug-likeness (QED) is 0.549. The lowest BCUT2D eigenvalue weighted by Gasteiger charge is -2.20. The topological polar surface area (TPSA) is 71.2 Å². The standard InChI is InChI=1S/C24H20N4O2/c1-27(16-7-4-3-5-8-16)21-10-6-9-18-22(26-28(2)23(18)21)15-13-19-17(24(29)30)11-12-25-20(19)14-15/h3-12,14H,13H2,1-2H3,(H,29,30). The highest BCUT2D eigenvalue weighted by Gasteiger charge is 2.25. The number of aryl methyl sites for hydroxylation is 1. The molecule has 0 fully saturated rings. The predicted molar refractivity (Wildman–Crippen MR) is 118 cm³/mol. The molecule has 6 nitrogen and oxygen atoms in total. The molecule has 6 heteroatoms. The lowest BCUT2D eigenvalue weighted by molar-refractivity contribution is 0.0695. The lowest BCUT2D eigenvalue weighted by atomic mass is 10.0. The van der Waals surface area contributed by atoms with Gasteiger partial charge in [0.2, 0.25) is 0 Å². The Morgan fingerprint density at radius 3 is 2.67 bits per heavy atom. The molecule has 1 N–H and O–H groups in total. The summed E-state index contributed by atoms with van der Waals surface area (Å²) in [4.78, 5) is 18.1. The fourth-order valence-corrected chi connectivity index (χ4v) is 4.19. The van der Waals surface area contributed by atoms with Crippen molar-refractivity contribution < 1.29 is 9.90 Å². The van der Waals surface area contributed by atoms with Crippen LogP contribution >= 0.6 is 0 Å². The number of pyridine rings is 1. The summed E-state index contributed by atoms with van der Waals surface area (Å²) >= 11 is 0. The van der Waals surface area contributed by atoms with Crippen LogP contribution in [0.5, 0.6) is 0 Å². The minimum Gasteiger partial charge on any atom is -0.478 e. The second-order valence-electron chi connectivity index (χ2n) is 7.41. The Labute approximate surface area is 173 Å². The van der Waals surface area contributed by atoms with E-state index in [0.717, 1.165) is 39.1 Å². The first-order valence-corrected chi connectivity index (χ1v) is 9.71. The zero-order valence-electron chi connectivity index (χ0n) is 16.7. The number of anilines is 2. The summed E-state index contributed by atoms with van der Waals surface area (Å²) in [6, 6.07) is 17.9. The van der Waals surface area contributed by atoms with E-state index in [1.165, 1.54) is 0 Å². The van der Waals surface area contributed by atoms with Gasteiger partial charge in [-0.15, -0.1) is 0 Å². The molecule has 1 aliphatic rings. The normalized spacial score (nSPS) is 12.7. The number of hydrogen-bond donors (Lipinski definition) is 1. The average Bonchev–Trinajstić information content (AvgIpc) is 3.34. The van der Waals surface area contributed by atoms with E-state index in [-0.39, 0.29) is 0 Å². The molecule has 4 aromatic rings. The molecule has 1 aliphatic carbocycles. The van der Waals surface area contributed by atoms with Crippen molar-refractivity contribution in [2.45, 2.75) is 6.42 Å². The first-order chi connectivity index (χ1) is 14.5. The Kier molecular flexibility index (Phi) is 4.13. The number of allylic oxidation sites excluding steroid dienone is 1. The molecule has 0 saturated heterocycles. The molecule has 0 spiro atoms. The zero-order valence-corrected chi connectivity index (χ0v) is 16.7. The molecule has 0 radical (unpaired) electrons. The number of aromatic nitrogens is 3. The number of para-hydroxylation sites is 2. The van der Waals surface area contributed by atoms with Gasteiger partial charge in [-0.2, -0.15) is 5.10 Å². The van der Waals surface area contributed by atoms with Gasteiger partial charge in [-0.3, -0.25) is 9.67 Å². The summed E-state index contributed by atoms with van der Waals surface area (Å²) in [7, 11) is 3.99. The monoisotopic (exact) mass is 396 g/mol. The number of rotatable bonds is 4. The Hall–Kier alpha value is -3.93. The van der Waals surface area contributed by atoms with Gasteiger partial charge >= 0.3 is 5.97 Å². The highest BCUT2D eigenvalue weighted by molar-refractivity contribution is 6.04. The van der Waals surface area contributed by atoms with Crippen molar-refractivity contribution in [2.75, 3.05) is 11.9 Å². The maximum atomic E-state index is 11.6. The molecule has 0 atom stereocenters. The predicted octanol–water partition coefficient (Wildman–Crippen LogP) is 4.53. The fraction of sp³-hybridized carbons (Fsp3) is 0.125. The molecule has 148 valence electrons. The highest BCUT2D eigenvalue weighted by atomic mass is 16.4. The number of fused-ring (bicyclic) bond motifs is 2. The van der Waals surface area contributed by atoms with E-state index in [1.807, 2.05) is 49.1 Å². The van der Waals surface area contributed by atoms with Crippen LogP contribution in [0.25, 0.3) is 22.6 Å². The summed E-state index contributed by atoms with van der Waals surface area (Å²) in [6.45, 7) is 0. The van der Waals surface area contributed by atoms with E-state index in [1.54, 1.807) is 12.3 Å². The van der Waals surface area contributed by atoms with Gasteiger partial charge < -0.3 is 10.0 Å². The van der Waals surface area contributed by atoms with Crippen LogP contribution in [0.4, 0.5) is 11.4 Å². The van der Waals surface area contributed by atoms with E-state index >= 15 is 0 Å². The molecule has 30 heavy (non-hydrogen) atoms. The molecule has 0 saturated carbocycles. The maximum absolute atomic E-state index is 11.6. The van der Waals surface area contributed by atoms with Gasteiger partial charge in [0.25, 0.3) is 0 Å². The van der Waals surface area contributed by atoms with Gasteiger partial charge in [-0.1, -0.05) is 30.3 Å². The van der Waals surface area contributed by atoms with Crippen molar-refractivity contribution in [3.63, 3.8) is 0 Å². The maximum Gasteiger partial charge on any atom is 0.336 e. The molecule has 0 bridgehead atoms. The largest absolute Gasteiger partial charge is 0.478 e. The van der Waals surface area contributed by atoms with Gasteiger partial charge in [0.1, 0.15) is 0 Å². The summed E-state index contributed by atoms with van der Waals surface area (Å²) in [5.41, 5.74) is 6.79. The molecule has 2 aromatic carbocycles. The molecule has 0 aliphatic heterocycles. The van der Waals surface area contributed by atoms with Crippen LogP contribution in [0, 0.1) is 0 Å². The van der Waals surface area contributed by atoms with Crippen molar-refractivity contribution in [3.05, 3.63) is 83.3 Å². The van der Waals surface area contributed by atoms with Gasteiger partial charge in [-0.05, 0) is 41.5 Å². The molecule has 0 amide bonds. The van der Waals surface area contributed by atoms with E-state index in [2.05, 4.69) is 34.1 Å². The van der Waals surface area contributed by atoms with Crippen molar-refractivity contribution >= 4 is 39.9 Å². The second kappa shape index (κ2) is 6.84. The highest BCUT2D eigenvalue weighted by Crippen LogP contribution is 2.38. The third kappa shape index (κ3) is 2.76. The van der Waals surface area contributed by atoms with Gasteiger partial charge in [0.15, 0.2) is 0 Å². The number of nitrogens with zero attached hydrogens (tertiary/aromatic N) is 4. The summed E-state index contributed by atoms with van der Waals surface area (Å²) in [5.74, 6) is -0.930. The van der Waals surface area contributed by atoms with Crippen LogP contribution in [0.3, 0.4) is 0 Å². The molecule has 2 aromatic heterocycles. The molecular weight excluding hydrogens is 376 g/mol. The van der Waals surface area contributed by atoms with Gasteiger partial charge in [0, 0.05) is 37.8 Å².